The zero-order valence-corrected chi connectivity index (χ0v) is 9.01. The predicted molar refractivity (Wildman–Crippen MR) is 57.2 cm³/mol. The summed E-state index contributed by atoms with van der Waals surface area (Å²) in [7, 11) is 0. The third-order valence-electron chi connectivity index (χ3n) is 2.11. The number of phenols is 1. The molecule has 82 valence electrons. The average molecular weight is 231 g/mol. The van der Waals surface area contributed by atoms with Gasteiger partial charge in [0.15, 0.2) is 0 Å². The fraction of sp³-hybridized carbons (Fsp3) is 0.300. The summed E-state index contributed by atoms with van der Waals surface area (Å²) in [5.41, 5.74) is 5.74. The molecule has 15 heavy (non-hydrogen) atoms. The molecule has 1 rings (SSSR count). The molecule has 0 radical (unpaired) electrons. The van der Waals surface area contributed by atoms with Crippen LogP contribution in [0.1, 0.15) is 30.5 Å². The van der Waals surface area contributed by atoms with Crippen molar-refractivity contribution in [2.45, 2.75) is 19.4 Å². The van der Waals surface area contributed by atoms with E-state index < -0.39 is 5.82 Å². The van der Waals surface area contributed by atoms with E-state index in [0.29, 0.717) is 12.0 Å². The van der Waals surface area contributed by atoms with E-state index in [1.54, 1.807) is 6.07 Å². The second-order valence-electron chi connectivity index (χ2n) is 2.99. The molecule has 0 aliphatic carbocycles. The molecule has 0 spiro atoms. The van der Waals surface area contributed by atoms with Crippen LogP contribution in [0.25, 0.3) is 0 Å². The Labute approximate surface area is 93.7 Å². The molecule has 3 nitrogen and oxygen atoms in total. The van der Waals surface area contributed by atoms with Gasteiger partial charge in [0.1, 0.15) is 23.2 Å². The first kappa shape index (κ1) is 13.7. The van der Waals surface area contributed by atoms with Gasteiger partial charge >= 0.3 is 0 Å². The highest BCUT2D eigenvalue weighted by Gasteiger charge is 2.15. The number of halogens is 2. The van der Waals surface area contributed by atoms with Gasteiger partial charge in [-0.25, -0.2) is 4.39 Å². The maximum Gasteiger partial charge on any atom is 0.144 e. The van der Waals surface area contributed by atoms with Crippen LogP contribution in [-0.4, -0.2) is 5.11 Å². The Balaban J connectivity index is 0.00000196. The highest BCUT2D eigenvalue weighted by molar-refractivity contribution is 5.85. The van der Waals surface area contributed by atoms with E-state index in [0.717, 1.165) is 6.07 Å². The van der Waals surface area contributed by atoms with Gasteiger partial charge in [0, 0.05) is 11.6 Å². The van der Waals surface area contributed by atoms with Gasteiger partial charge in [-0.3, -0.25) is 0 Å². The van der Waals surface area contributed by atoms with E-state index in [9.17, 15) is 9.50 Å². The second-order valence-corrected chi connectivity index (χ2v) is 2.99. The molecule has 1 aromatic carbocycles. The number of hydrogen-bond acceptors (Lipinski definition) is 3. The van der Waals surface area contributed by atoms with Crippen LogP contribution in [-0.2, 0) is 0 Å². The Kier molecular flexibility index (Phi) is 5.06. The number of nitrogens with two attached hydrogens (primary N) is 1. The lowest BCUT2D eigenvalue weighted by Crippen LogP contribution is -2.09. The number of hydrogen-bond donors (Lipinski definition) is 2. The third-order valence-corrected chi connectivity index (χ3v) is 2.11. The molecule has 5 heteroatoms. The lowest BCUT2D eigenvalue weighted by molar-refractivity contribution is 0.451. The van der Waals surface area contributed by atoms with Gasteiger partial charge in [-0.1, -0.05) is 13.0 Å². The standard InChI is InChI=1S/C10H11FN2O.ClH/c1-2-9(13)6-3-4-8(11)7(5-12)10(6)14;/h3-4,9,14H,2,13H2,1H3;1H/t9-;/m1./s1. The van der Waals surface area contributed by atoms with Crippen LogP contribution in [0.15, 0.2) is 12.1 Å². The van der Waals surface area contributed by atoms with Crippen molar-refractivity contribution in [2.24, 2.45) is 5.73 Å². The number of aromatic hydroxyl groups is 1. The first-order chi connectivity index (χ1) is 6.61. The van der Waals surface area contributed by atoms with E-state index >= 15 is 0 Å². The SMILES string of the molecule is CC[C@@H](N)c1ccc(F)c(C#N)c1O.Cl. The second kappa shape index (κ2) is 5.54. The number of rotatable bonds is 2. The van der Waals surface area contributed by atoms with Gasteiger partial charge in [-0.2, -0.15) is 5.26 Å². The quantitative estimate of drug-likeness (QED) is 0.819. The van der Waals surface area contributed by atoms with Crippen LogP contribution in [0, 0.1) is 17.1 Å². The smallest absolute Gasteiger partial charge is 0.144 e. The molecule has 0 amide bonds. The van der Waals surface area contributed by atoms with Crippen LogP contribution in [0.5, 0.6) is 5.75 Å². The molecule has 0 saturated carbocycles. The molecule has 0 aliphatic heterocycles. The summed E-state index contributed by atoms with van der Waals surface area (Å²) in [6.07, 6.45) is 0.615. The molecule has 0 bridgehead atoms. The Morgan fingerprint density at radius 3 is 2.67 bits per heavy atom. The van der Waals surface area contributed by atoms with E-state index in [-0.39, 0.29) is 29.8 Å². The van der Waals surface area contributed by atoms with Gasteiger partial charge in [-0.05, 0) is 12.5 Å². The average Bonchev–Trinajstić information content (AvgIpc) is 2.18. The van der Waals surface area contributed by atoms with Crippen LogP contribution < -0.4 is 5.73 Å². The van der Waals surface area contributed by atoms with Crippen LogP contribution >= 0.6 is 12.4 Å². The summed E-state index contributed by atoms with van der Waals surface area (Å²) in [6, 6.07) is 3.77. The molecule has 0 aliphatic rings. The summed E-state index contributed by atoms with van der Waals surface area (Å²) in [6.45, 7) is 1.85. The van der Waals surface area contributed by atoms with E-state index in [2.05, 4.69) is 0 Å². The van der Waals surface area contributed by atoms with E-state index in [1.807, 2.05) is 6.92 Å². The molecule has 0 saturated heterocycles. The minimum atomic E-state index is -0.725. The fourth-order valence-corrected chi connectivity index (χ4v) is 1.21. The summed E-state index contributed by atoms with van der Waals surface area (Å²) >= 11 is 0. The van der Waals surface area contributed by atoms with Gasteiger partial charge in [0.25, 0.3) is 0 Å². The number of benzene rings is 1. The first-order valence-corrected chi connectivity index (χ1v) is 4.28. The van der Waals surface area contributed by atoms with Crippen molar-refractivity contribution >= 4 is 12.4 Å². The number of nitriles is 1. The Morgan fingerprint density at radius 1 is 1.60 bits per heavy atom. The lowest BCUT2D eigenvalue weighted by Gasteiger charge is -2.12. The zero-order chi connectivity index (χ0) is 10.7. The monoisotopic (exact) mass is 230 g/mol. The molecular weight excluding hydrogens is 219 g/mol. The summed E-state index contributed by atoms with van der Waals surface area (Å²) < 4.78 is 13.0. The first-order valence-electron chi connectivity index (χ1n) is 4.28. The summed E-state index contributed by atoms with van der Waals surface area (Å²) in [4.78, 5) is 0. The topological polar surface area (TPSA) is 70.0 Å². The Hall–Kier alpha value is -1.31. The maximum absolute atomic E-state index is 13.0. The van der Waals surface area contributed by atoms with Gasteiger partial charge < -0.3 is 10.8 Å². The molecule has 3 N–H and O–H groups in total. The predicted octanol–water partition coefficient (Wildman–Crippen LogP) is 2.23. The zero-order valence-electron chi connectivity index (χ0n) is 8.20. The highest BCUT2D eigenvalue weighted by Crippen LogP contribution is 2.29. The number of nitrogens with zero attached hydrogens (tertiary/aromatic N) is 1. The Morgan fingerprint density at radius 2 is 2.20 bits per heavy atom. The minimum Gasteiger partial charge on any atom is -0.506 e. The van der Waals surface area contributed by atoms with Crippen molar-refractivity contribution < 1.29 is 9.50 Å². The van der Waals surface area contributed by atoms with Crippen molar-refractivity contribution in [2.75, 3.05) is 0 Å². The third kappa shape index (κ3) is 2.58. The molecule has 0 aromatic heterocycles. The van der Waals surface area contributed by atoms with Crippen LogP contribution in [0.2, 0.25) is 0 Å². The van der Waals surface area contributed by atoms with Crippen molar-refractivity contribution in [3.63, 3.8) is 0 Å². The van der Waals surface area contributed by atoms with Crippen molar-refractivity contribution in [3.05, 3.63) is 29.1 Å². The van der Waals surface area contributed by atoms with Crippen molar-refractivity contribution in [1.29, 1.82) is 5.26 Å². The van der Waals surface area contributed by atoms with Crippen molar-refractivity contribution in [3.8, 4) is 11.8 Å². The summed E-state index contributed by atoms with van der Waals surface area (Å²) in [5.74, 6) is -1.07. The van der Waals surface area contributed by atoms with Crippen LogP contribution in [0.3, 0.4) is 0 Å². The number of phenolic OH excluding ortho intramolecular Hbond substituents is 1. The van der Waals surface area contributed by atoms with Gasteiger partial charge in [0.2, 0.25) is 0 Å². The molecule has 0 heterocycles. The normalized spacial score (nSPS) is 11.3. The molecule has 0 unspecified atom stereocenters. The van der Waals surface area contributed by atoms with E-state index in [1.165, 1.54) is 6.07 Å². The molecule has 1 aromatic rings. The summed E-state index contributed by atoms with van der Waals surface area (Å²) in [5, 5.41) is 18.1. The largest absolute Gasteiger partial charge is 0.506 e. The highest BCUT2D eigenvalue weighted by atomic mass is 35.5. The maximum atomic E-state index is 13.0. The minimum absolute atomic E-state index is 0. The van der Waals surface area contributed by atoms with E-state index in [4.69, 9.17) is 11.0 Å². The Bertz CT molecular complexity index is 390. The van der Waals surface area contributed by atoms with Gasteiger partial charge in [-0.15, -0.1) is 12.4 Å². The molecule has 1 atom stereocenters. The van der Waals surface area contributed by atoms with Crippen LogP contribution in [0.4, 0.5) is 4.39 Å². The lowest BCUT2D eigenvalue weighted by atomic mass is 10.0. The molecule has 0 fully saturated rings. The molecular formula is C10H12ClFN2O. The van der Waals surface area contributed by atoms with Crippen molar-refractivity contribution in [1.82, 2.24) is 0 Å². The van der Waals surface area contributed by atoms with Gasteiger partial charge in [0.05, 0.1) is 0 Å². The fourth-order valence-electron chi connectivity index (χ4n) is 1.21.